The van der Waals surface area contributed by atoms with Crippen LogP contribution in [0.5, 0.6) is 0 Å². The highest BCUT2D eigenvalue weighted by atomic mass is 16.7. The molecule has 0 fully saturated rings. The summed E-state index contributed by atoms with van der Waals surface area (Å²) in [4.78, 5) is 23.3. The molecule has 2 atom stereocenters. The largest absolute Gasteiger partial charge is 0.477 e. The number of rotatable bonds is 41. The highest BCUT2D eigenvalue weighted by Gasteiger charge is 2.22. The highest BCUT2D eigenvalue weighted by Crippen LogP contribution is 2.11. The van der Waals surface area contributed by atoms with Crippen molar-refractivity contribution in [3.05, 3.63) is 134 Å². The van der Waals surface area contributed by atoms with Gasteiger partial charge in [-0.25, -0.2) is 4.79 Å². The number of carbonyl (C=O) groups excluding carboxylic acids is 1. The van der Waals surface area contributed by atoms with Crippen LogP contribution in [0.1, 0.15) is 135 Å². The Kier molecular flexibility index (Phi) is 42.0. The van der Waals surface area contributed by atoms with Gasteiger partial charge in [-0.15, -0.1) is 0 Å². The summed E-state index contributed by atoms with van der Waals surface area (Å²) in [6.45, 7) is 2.43. The monoisotopic (exact) mass is 861 g/mol. The fourth-order valence-corrected chi connectivity index (χ4v) is 5.54. The standard InChI is InChI=1S/C54H85NO7/c1-5-6-7-8-9-10-11-12-13-14-15-16-17-18-19-20-21-22-23-24-25-26-27-28-29-30-31-32-33-34-35-36-37-38-39-40-41-42-43-44-45-46-52(57)61-49-51(56)50-62-54(53(58)59)60-48-47-55(2,3)4/h6-7,9-10,12-13,15-16,18-19,21-22,24-25,27-28,30-31,33-34,36-37,51,54,56H,5,8,11,14,17,20,23,26,29,32,35,38-50H2,1-4H3/p+1/b7-6-,10-9-,13-12-,16-15-,19-18-,22-21-,25-24-,28-27-,31-30-,34-33-,37-36-. The number of unbranched alkanes of at least 4 members (excludes halogenated alkanes) is 7. The fraction of sp³-hybridized carbons (Fsp3) is 0.556. The Morgan fingerprint density at radius 3 is 1.21 bits per heavy atom. The first kappa shape index (κ1) is 57.9. The molecule has 0 saturated heterocycles. The number of hydrogen-bond acceptors (Lipinski definition) is 6. The number of carboxylic acid groups (broad SMARTS) is 1. The van der Waals surface area contributed by atoms with Crippen LogP contribution in [-0.4, -0.2) is 86.5 Å². The molecule has 0 radical (unpaired) electrons. The molecule has 2 N–H and O–H groups in total. The molecule has 0 aromatic rings. The van der Waals surface area contributed by atoms with E-state index in [4.69, 9.17) is 14.2 Å². The molecule has 2 unspecified atom stereocenters. The number of carbonyl (C=O) groups is 2. The maximum Gasteiger partial charge on any atom is 0.361 e. The van der Waals surface area contributed by atoms with E-state index in [0.717, 1.165) is 103 Å². The lowest BCUT2D eigenvalue weighted by atomic mass is 10.1. The topological polar surface area (TPSA) is 102 Å². The molecule has 0 aromatic carbocycles. The van der Waals surface area contributed by atoms with Gasteiger partial charge in [-0.1, -0.05) is 173 Å². The van der Waals surface area contributed by atoms with Crippen LogP contribution >= 0.6 is 0 Å². The summed E-state index contributed by atoms with van der Waals surface area (Å²) in [6, 6.07) is 0. The third kappa shape index (κ3) is 47.0. The first-order chi connectivity index (χ1) is 30.2. The van der Waals surface area contributed by atoms with Crippen LogP contribution in [0.25, 0.3) is 0 Å². The van der Waals surface area contributed by atoms with E-state index >= 15 is 0 Å². The van der Waals surface area contributed by atoms with E-state index in [1.807, 2.05) is 21.1 Å². The van der Waals surface area contributed by atoms with Gasteiger partial charge in [0.15, 0.2) is 0 Å². The SMILES string of the molecule is CC/C=C\C/C=C\C/C=C\C/C=C\C/C=C\C/C=C\C/C=C\C/C=C\C/C=C\C/C=C\C/C=C\CCCCCCCCCC(=O)OCC(O)COC(OCC[N+](C)(C)C)C(=O)O. The number of allylic oxidation sites excluding steroid dienone is 22. The highest BCUT2D eigenvalue weighted by molar-refractivity contribution is 5.70. The van der Waals surface area contributed by atoms with Gasteiger partial charge in [0.1, 0.15) is 19.3 Å². The molecule has 348 valence electrons. The Morgan fingerprint density at radius 1 is 0.484 bits per heavy atom. The average molecular weight is 861 g/mol. The molecule has 8 heteroatoms. The van der Waals surface area contributed by atoms with E-state index in [1.54, 1.807) is 0 Å². The van der Waals surface area contributed by atoms with Gasteiger partial charge in [-0.05, 0) is 89.9 Å². The van der Waals surface area contributed by atoms with Crippen molar-refractivity contribution in [3.63, 3.8) is 0 Å². The molecule has 8 nitrogen and oxygen atoms in total. The van der Waals surface area contributed by atoms with Gasteiger partial charge in [0, 0.05) is 6.42 Å². The minimum atomic E-state index is -1.47. The number of aliphatic hydroxyl groups is 1. The Labute approximate surface area is 378 Å². The number of nitrogens with zero attached hydrogens (tertiary/aromatic N) is 1. The van der Waals surface area contributed by atoms with Gasteiger partial charge in [0.25, 0.3) is 6.29 Å². The first-order valence-corrected chi connectivity index (χ1v) is 23.4. The van der Waals surface area contributed by atoms with Crippen molar-refractivity contribution in [2.45, 2.75) is 148 Å². The Morgan fingerprint density at radius 2 is 0.839 bits per heavy atom. The number of likely N-dealkylation sites (N-methyl/N-ethyl adjacent to an activating group) is 1. The molecule has 62 heavy (non-hydrogen) atoms. The number of aliphatic carboxylic acids is 1. The zero-order chi connectivity index (χ0) is 45.5. The van der Waals surface area contributed by atoms with Gasteiger partial charge < -0.3 is 28.9 Å². The van der Waals surface area contributed by atoms with E-state index < -0.39 is 18.4 Å². The number of ether oxygens (including phenoxy) is 3. The molecule has 0 aliphatic heterocycles. The number of carboxylic acids is 1. The quantitative estimate of drug-likeness (QED) is 0.0207. The minimum Gasteiger partial charge on any atom is -0.477 e. The van der Waals surface area contributed by atoms with E-state index in [-0.39, 0.29) is 25.8 Å². The second-order valence-corrected chi connectivity index (χ2v) is 16.2. The van der Waals surface area contributed by atoms with E-state index in [2.05, 4.69) is 141 Å². The van der Waals surface area contributed by atoms with Crippen LogP contribution in [0.4, 0.5) is 0 Å². The maximum absolute atomic E-state index is 12.0. The molecule has 0 saturated carbocycles. The lowest BCUT2D eigenvalue weighted by molar-refractivity contribution is -0.870. The second kappa shape index (κ2) is 45.0. The zero-order valence-corrected chi connectivity index (χ0v) is 39.2. The summed E-state index contributed by atoms with van der Waals surface area (Å²) in [5.74, 6) is -1.63. The van der Waals surface area contributed by atoms with E-state index in [1.165, 1.54) is 19.3 Å². The Hall–Kier alpha value is -4.08. The van der Waals surface area contributed by atoms with Crippen LogP contribution in [-0.2, 0) is 23.8 Å². The smallest absolute Gasteiger partial charge is 0.361 e. The summed E-state index contributed by atoms with van der Waals surface area (Å²) >= 11 is 0. The summed E-state index contributed by atoms with van der Waals surface area (Å²) in [6.07, 6.45) is 66.5. The number of esters is 1. The zero-order valence-electron chi connectivity index (χ0n) is 39.2. The van der Waals surface area contributed by atoms with Crippen LogP contribution in [0.3, 0.4) is 0 Å². The van der Waals surface area contributed by atoms with Gasteiger partial charge >= 0.3 is 11.9 Å². The van der Waals surface area contributed by atoms with Gasteiger partial charge in [0.05, 0.1) is 34.4 Å². The lowest BCUT2D eigenvalue weighted by Crippen LogP contribution is -2.40. The second-order valence-electron chi connectivity index (χ2n) is 16.2. The summed E-state index contributed by atoms with van der Waals surface area (Å²) in [7, 11) is 5.91. The molecular weight excluding hydrogens is 775 g/mol. The molecule has 0 aliphatic rings. The number of quaternary nitrogens is 1. The molecule has 0 spiro atoms. The first-order valence-electron chi connectivity index (χ1n) is 23.4. The third-order valence-corrected chi connectivity index (χ3v) is 9.15. The van der Waals surface area contributed by atoms with Crippen molar-refractivity contribution in [2.24, 2.45) is 0 Å². The molecule has 0 aliphatic carbocycles. The lowest BCUT2D eigenvalue weighted by Gasteiger charge is -2.24. The number of aliphatic hydroxyl groups excluding tert-OH is 1. The molecule has 0 bridgehead atoms. The van der Waals surface area contributed by atoms with Crippen molar-refractivity contribution in [1.29, 1.82) is 0 Å². The Balaban J connectivity index is 3.65. The predicted octanol–water partition coefficient (Wildman–Crippen LogP) is 13.0. The van der Waals surface area contributed by atoms with Crippen LogP contribution < -0.4 is 0 Å². The summed E-state index contributed by atoms with van der Waals surface area (Å²) in [5.41, 5.74) is 0. The minimum absolute atomic E-state index is 0.202. The van der Waals surface area contributed by atoms with Crippen molar-refractivity contribution >= 4 is 11.9 Å². The average Bonchev–Trinajstić information content (AvgIpc) is 3.24. The van der Waals surface area contributed by atoms with Crippen molar-refractivity contribution < 1.29 is 38.5 Å². The molecule has 0 aromatic heterocycles. The van der Waals surface area contributed by atoms with Crippen molar-refractivity contribution in [3.8, 4) is 0 Å². The predicted molar refractivity (Wildman–Crippen MR) is 262 cm³/mol. The van der Waals surface area contributed by atoms with Crippen LogP contribution in [0.2, 0.25) is 0 Å². The van der Waals surface area contributed by atoms with E-state index in [9.17, 15) is 19.8 Å². The Bertz CT molecular complexity index is 1400. The molecule has 0 amide bonds. The normalized spacial score (nSPS) is 14.3. The molecular formula is C54H86NO7+. The van der Waals surface area contributed by atoms with Crippen LogP contribution in [0.15, 0.2) is 134 Å². The van der Waals surface area contributed by atoms with Crippen molar-refractivity contribution in [1.82, 2.24) is 0 Å². The number of hydrogen-bond donors (Lipinski definition) is 2. The van der Waals surface area contributed by atoms with Crippen LogP contribution in [0, 0.1) is 0 Å². The van der Waals surface area contributed by atoms with Gasteiger partial charge in [0.2, 0.25) is 0 Å². The fourth-order valence-electron chi connectivity index (χ4n) is 5.54. The summed E-state index contributed by atoms with van der Waals surface area (Å²) in [5, 5.41) is 19.3. The van der Waals surface area contributed by atoms with Gasteiger partial charge in [-0.2, -0.15) is 0 Å². The summed E-state index contributed by atoms with van der Waals surface area (Å²) < 4.78 is 16.2. The third-order valence-electron chi connectivity index (χ3n) is 9.15. The molecule has 0 rings (SSSR count). The maximum atomic E-state index is 12.0. The van der Waals surface area contributed by atoms with Crippen molar-refractivity contribution in [2.75, 3.05) is 47.5 Å². The molecule has 0 heterocycles. The van der Waals surface area contributed by atoms with E-state index in [0.29, 0.717) is 17.4 Å². The van der Waals surface area contributed by atoms with Gasteiger partial charge in [-0.3, -0.25) is 4.79 Å².